The molecule has 1 amide bonds. The number of hydrogen-bond donors (Lipinski definition) is 1. The molecule has 0 aliphatic rings. The number of hydrogen-bond acceptors (Lipinski definition) is 6. The number of halogens is 3. The lowest BCUT2D eigenvalue weighted by Crippen LogP contribution is -2.21. The topological polar surface area (TPSA) is 86.1 Å². The van der Waals surface area contributed by atoms with Crippen LogP contribution in [-0.4, -0.2) is 33.2 Å². The Kier molecular flexibility index (Phi) is 6.20. The third kappa shape index (κ3) is 4.67. The number of aryl methyl sites for hydroxylation is 1. The number of carbonyl (C=O) groups is 2. The van der Waals surface area contributed by atoms with E-state index in [1.54, 1.807) is 32.0 Å². The molecule has 158 valence electrons. The number of rotatable bonds is 6. The van der Waals surface area contributed by atoms with E-state index in [9.17, 15) is 22.8 Å². The minimum atomic E-state index is -4.82. The first-order valence-corrected chi connectivity index (χ1v) is 9.71. The van der Waals surface area contributed by atoms with Crippen LogP contribution >= 0.6 is 11.3 Å². The van der Waals surface area contributed by atoms with Crippen LogP contribution in [-0.2, 0) is 22.1 Å². The van der Waals surface area contributed by atoms with E-state index in [1.165, 1.54) is 11.4 Å². The second kappa shape index (κ2) is 8.66. The molecule has 1 N–H and O–H groups in total. The first-order valence-electron chi connectivity index (χ1n) is 8.83. The number of ether oxygens (including phenoxy) is 1. The molecule has 0 aliphatic heterocycles. The number of para-hydroxylation sites is 1. The van der Waals surface area contributed by atoms with Gasteiger partial charge in [-0.05, 0) is 25.5 Å². The maximum atomic E-state index is 13.8. The molecule has 0 saturated heterocycles. The van der Waals surface area contributed by atoms with Crippen molar-refractivity contribution in [1.82, 2.24) is 14.8 Å². The van der Waals surface area contributed by atoms with Gasteiger partial charge in [0.2, 0.25) is 0 Å². The van der Waals surface area contributed by atoms with Gasteiger partial charge in [0.25, 0.3) is 5.91 Å². The van der Waals surface area contributed by atoms with Crippen molar-refractivity contribution < 1.29 is 27.5 Å². The fourth-order valence-corrected chi connectivity index (χ4v) is 3.45. The van der Waals surface area contributed by atoms with Crippen LogP contribution in [0.2, 0.25) is 0 Å². The largest absolute Gasteiger partial charge is 0.466 e. The fraction of sp³-hybridized carbons (Fsp3) is 0.263. The fourth-order valence-electron chi connectivity index (χ4n) is 2.74. The summed E-state index contributed by atoms with van der Waals surface area (Å²) in [7, 11) is 0. The maximum absolute atomic E-state index is 13.8. The summed E-state index contributed by atoms with van der Waals surface area (Å²) >= 11 is 0.992. The Balaban J connectivity index is 1.88. The van der Waals surface area contributed by atoms with Crippen molar-refractivity contribution in [2.45, 2.75) is 26.4 Å². The Bertz CT molecular complexity index is 1080. The molecule has 0 saturated carbocycles. The molecule has 0 bridgehead atoms. The number of alkyl halides is 3. The van der Waals surface area contributed by atoms with E-state index >= 15 is 0 Å². The second-order valence-corrected chi connectivity index (χ2v) is 7.04. The van der Waals surface area contributed by atoms with Crippen LogP contribution in [0.5, 0.6) is 0 Å². The summed E-state index contributed by atoms with van der Waals surface area (Å²) in [5.74, 6) is -1.49. The van der Waals surface area contributed by atoms with Crippen molar-refractivity contribution in [3.05, 3.63) is 58.4 Å². The lowest BCUT2D eigenvalue weighted by molar-refractivity contribution is -0.143. The van der Waals surface area contributed by atoms with Gasteiger partial charge < -0.3 is 4.74 Å². The molecule has 11 heteroatoms. The zero-order valence-corrected chi connectivity index (χ0v) is 16.8. The Morgan fingerprint density at radius 3 is 2.67 bits per heavy atom. The zero-order valence-electron chi connectivity index (χ0n) is 16.0. The van der Waals surface area contributed by atoms with Crippen LogP contribution < -0.4 is 5.32 Å². The molecule has 30 heavy (non-hydrogen) atoms. The molecule has 7 nitrogen and oxygen atoms in total. The first kappa shape index (κ1) is 21.5. The zero-order chi connectivity index (χ0) is 21.9. The van der Waals surface area contributed by atoms with E-state index in [0.29, 0.717) is 15.9 Å². The highest BCUT2D eigenvalue weighted by molar-refractivity contribution is 7.14. The smallest absolute Gasteiger partial charge is 0.434 e. The quantitative estimate of drug-likeness (QED) is 0.588. The van der Waals surface area contributed by atoms with Gasteiger partial charge in [-0.25, -0.2) is 9.67 Å². The highest BCUT2D eigenvalue weighted by Crippen LogP contribution is 2.34. The highest BCUT2D eigenvalue weighted by atomic mass is 32.1. The summed E-state index contributed by atoms with van der Waals surface area (Å²) in [5.41, 5.74) is -0.678. The number of nitrogens with one attached hydrogen (secondary N) is 1. The third-order valence-corrected chi connectivity index (χ3v) is 4.84. The van der Waals surface area contributed by atoms with Crippen molar-refractivity contribution >= 4 is 28.3 Å². The van der Waals surface area contributed by atoms with Gasteiger partial charge in [-0.2, -0.15) is 18.3 Å². The minimum absolute atomic E-state index is 0.0658. The predicted molar refractivity (Wildman–Crippen MR) is 104 cm³/mol. The lowest BCUT2D eigenvalue weighted by Gasteiger charge is -2.14. The van der Waals surface area contributed by atoms with Gasteiger partial charge in [-0.15, -0.1) is 11.3 Å². The van der Waals surface area contributed by atoms with Gasteiger partial charge in [0.05, 0.1) is 36.2 Å². The first-order chi connectivity index (χ1) is 14.2. The van der Waals surface area contributed by atoms with Gasteiger partial charge >= 0.3 is 12.1 Å². The molecular weight excluding hydrogens is 421 g/mol. The van der Waals surface area contributed by atoms with Gasteiger partial charge in [0.15, 0.2) is 10.8 Å². The van der Waals surface area contributed by atoms with Crippen LogP contribution in [0.3, 0.4) is 0 Å². The average molecular weight is 438 g/mol. The van der Waals surface area contributed by atoms with E-state index in [0.717, 1.165) is 17.5 Å². The molecule has 2 heterocycles. The molecule has 0 unspecified atom stereocenters. The van der Waals surface area contributed by atoms with Crippen molar-refractivity contribution in [3.63, 3.8) is 0 Å². The van der Waals surface area contributed by atoms with Crippen LogP contribution in [0, 0.1) is 6.92 Å². The summed E-state index contributed by atoms with van der Waals surface area (Å²) in [6, 6.07) is 6.42. The number of benzene rings is 1. The minimum Gasteiger partial charge on any atom is -0.466 e. The van der Waals surface area contributed by atoms with Crippen molar-refractivity contribution in [1.29, 1.82) is 0 Å². The summed E-state index contributed by atoms with van der Waals surface area (Å²) in [5, 5.41) is 7.73. The van der Waals surface area contributed by atoms with Crippen LogP contribution in [0.1, 0.15) is 34.2 Å². The molecule has 0 radical (unpaired) electrons. The van der Waals surface area contributed by atoms with Crippen LogP contribution in [0.25, 0.3) is 5.69 Å². The standard InChI is InChI=1S/C19H17F3N4O3S/c1-3-29-15(27)8-12-10-30-18(24-12)25-17(28)13-9-23-26(16(13)19(20,21)22)14-7-5-4-6-11(14)2/h4-7,9-10H,3,8H2,1-2H3,(H,24,25,28). The van der Waals surface area contributed by atoms with E-state index < -0.39 is 29.3 Å². The van der Waals surface area contributed by atoms with Crippen LogP contribution in [0.15, 0.2) is 35.8 Å². The number of carbonyl (C=O) groups excluding carboxylic acids is 2. The Morgan fingerprint density at radius 2 is 2.00 bits per heavy atom. The number of nitrogens with zero attached hydrogens (tertiary/aromatic N) is 3. The number of aromatic nitrogens is 3. The van der Waals surface area contributed by atoms with Gasteiger partial charge in [0, 0.05) is 5.38 Å². The molecule has 0 atom stereocenters. The molecule has 2 aromatic heterocycles. The molecular formula is C19H17F3N4O3S. The van der Waals surface area contributed by atoms with E-state index in [2.05, 4.69) is 15.4 Å². The van der Waals surface area contributed by atoms with E-state index in [4.69, 9.17) is 4.74 Å². The van der Waals surface area contributed by atoms with Gasteiger partial charge in [0.1, 0.15) is 0 Å². The second-order valence-electron chi connectivity index (χ2n) is 6.18. The Hall–Kier alpha value is -3.21. The summed E-state index contributed by atoms with van der Waals surface area (Å²) in [4.78, 5) is 28.1. The molecule has 3 rings (SSSR count). The predicted octanol–water partition coefficient (Wildman–Crippen LogP) is 4.01. The molecule has 0 fully saturated rings. The lowest BCUT2D eigenvalue weighted by atomic mass is 10.2. The van der Waals surface area contributed by atoms with Crippen molar-refractivity contribution in [2.24, 2.45) is 0 Å². The molecule has 0 aliphatic carbocycles. The van der Waals surface area contributed by atoms with E-state index in [1.807, 2.05) is 0 Å². The Labute approximate surface area is 173 Å². The van der Waals surface area contributed by atoms with Crippen molar-refractivity contribution in [2.75, 3.05) is 11.9 Å². The molecule has 0 spiro atoms. The maximum Gasteiger partial charge on any atom is 0.434 e. The van der Waals surface area contributed by atoms with Gasteiger partial charge in [-0.3, -0.25) is 14.9 Å². The summed E-state index contributed by atoms with van der Waals surface area (Å²) < 4.78 is 46.8. The number of thiazole rings is 1. The van der Waals surface area contributed by atoms with E-state index in [-0.39, 0.29) is 23.8 Å². The SMILES string of the molecule is CCOC(=O)Cc1csc(NC(=O)c2cnn(-c3ccccc3C)c2C(F)(F)F)n1. The van der Waals surface area contributed by atoms with Crippen molar-refractivity contribution in [3.8, 4) is 5.69 Å². The monoisotopic (exact) mass is 438 g/mol. The number of amides is 1. The number of esters is 1. The Morgan fingerprint density at radius 1 is 1.27 bits per heavy atom. The summed E-state index contributed by atoms with van der Waals surface area (Å²) in [6.07, 6.45) is -4.04. The molecule has 3 aromatic rings. The van der Waals surface area contributed by atoms with Gasteiger partial charge in [-0.1, -0.05) is 18.2 Å². The number of anilines is 1. The molecule has 1 aromatic carbocycles. The highest BCUT2D eigenvalue weighted by Gasteiger charge is 2.41. The third-order valence-electron chi connectivity index (χ3n) is 4.03. The summed E-state index contributed by atoms with van der Waals surface area (Å²) in [6.45, 7) is 3.54. The van der Waals surface area contributed by atoms with Crippen LogP contribution in [0.4, 0.5) is 18.3 Å². The average Bonchev–Trinajstić information content (AvgIpc) is 3.29. The normalized spacial score (nSPS) is 11.4.